The molecule has 1 aromatic carbocycles. The van der Waals surface area contributed by atoms with E-state index in [1.807, 2.05) is 32.0 Å². The summed E-state index contributed by atoms with van der Waals surface area (Å²) < 4.78 is 11.1. The average Bonchev–Trinajstić information content (AvgIpc) is 2.57. The fourth-order valence-corrected chi connectivity index (χ4v) is 2.35. The maximum Gasteiger partial charge on any atom is 0.311 e. The summed E-state index contributed by atoms with van der Waals surface area (Å²) in [5.74, 6) is 0.834. The van der Waals surface area contributed by atoms with Crippen molar-refractivity contribution in [1.82, 2.24) is 0 Å². The highest BCUT2D eigenvalue weighted by Crippen LogP contribution is 2.31. The van der Waals surface area contributed by atoms with Crippen molar-refractivity contribution in [3.63, 3.8) is 0 Å². The monoisotopic (exact) mass is 333 g/mol. The van der Waals surface area contributed by atoms with Crippen LogP contribution in [-0.2, 0) is 4.79 Å². The Bertz CT molecular complexity index is 512. The number of rotatable bonds is 12. The molecule has 4 nitrogen and oxygen atoms in total. The van der Waals surface area contributed by atoms with Crippen LogP contribution in [0.3, 0.4) is 0 Å². The molecule has 24 heavy (non-hydrogen) atoms. The van der Waals surface area contributed by atoms with E-state index < -0.39 is 0 Å². The van der Waals surface area contributed by atoms with E-state index in [-0.39, 0.29) is 5.97 Å². The van der Waals surface area contributed by atoms with Gasteiger partial charge in [-0.15, -0.1) is 0 Å². The number of carbonyl (C=O) groups is 1. The summed E-state index contributed by atoms with van der Waals surface area (Å²) in [6.45, 7) is 7.40. The maximum absolute atomic E-state index is 11.9. The van der Waals surface area contributed by atoms with Crippen molar-refractivity contribution in [2.45, 2.75) is 65.7 Å². The first-order chi connectivity index (χ1) is 11.7. The fraction of sp³-hybridized carbons (Fsp3) is 0.600. The van der Waals surface area contributed by atoms with Crippen molar-refractivity contribution >= 4 is 12.2 Å². The SMILES string of the molecule is CCCCCCCN=Cc1cccc(OCC)c1OC(=O)CCC. The van der Waals surface area contributed by atoms with Gasteiger partial charge in [-0.2, -0.15) is 0 Å². The number of esters is 1. The molecule has 1 rings (SSSR count). The molecule has 0 atom stereocenters. The number of nitrogens with zero attached hydrogens (tertiary/aromatic N) is 1. The van der Waals surface area contributed by atoms with Crippen LogP contribution in [0, 0.1) is 0 Å². The van der Waals surface area contributed by atoms with Gasteiger partial charge in [-0.05, 0) is 31.9 Å². The Morgan fingerprint density at radius 1 is 1.08 bits per heavy atom. The average molecular weight is 333 g/mol. The van der Waals surface area contributed by atoms with Gasteiger partial charge in [0.2, 0.25) is 0 Å². The van der Waals surface area contributed by atoms with Gasteiger partial charge in [0, 0.05) is 24.7 Å². The van der Waals surface area contributed by atoms with E-state index in [4.69, 9.17) is 9.47 Å². The molecule has 0 heterocycles. The van der Waals surface area contributed by atoms with Gasteiger partial charge in [0.25, 0.3) is 0 Å². The Balaban J connectivity index is 2.73. The third-order valence-electron chi connectivity index (χ3n) is 3.60. The third-order valence-corrected chi connectivity index (χ3v) is 3.60. The molecule has 0 amide bonds. The summed E-state index contributed by atoms with van der Waals surface area (Å²) in [4.78, 5) is 16.4. The molecule has 0 saturated carbocycles. The standard InChI is InChI=1S/C20H31NO3/c1-4-7-8-9-10-15-21-16-17-13-11-14-18(23-6-3)20(17)24-19(22)12-5-2/h11,13-14,16H,4-10,12,15H2,1-3H3. The summed E-state index contributed by atoms with van der Waals surface area (Å²) in [5, 5.41) is 0. The highest BCUT2D eigenvalue weighted by atomic mass is 16.6. The van der Waals surface area contributed by atoms with E-state index in [2.05, 4.69) is 11.9 Å². The van der Waals surface area contributed by atoms with Crippen LogP contribution in [0.4, 0.5) is 0 Å². The first-order valence-corrected chi connectivity index (χ1v) is 9.19. The molecule has 0 spiro atoms. The Morgan fingerprint density at radius 3 is 2.58 bits per heavy atom. The number of carbonyl (C=O) groups excluding carboxylic acids is 1. The van der Waals surface area contributed by atoms with Crippen molar-refractivity contribution in [2.75, 3.05) is 13.2 Å². The van der Waals surface area contributed by atoms with E-state index in [0.717, 1.165) is 24.9 Å². The molecular formula is C20H31NO3. The molecule has 134 valence electrons. The number of para-hydroxylation sites is 1. The van der Waals surface area contributed by atoms with Crippen LogP contribution in [0.5, 0.6) is 11.5 Å². The van der Waals surface area contributed by atoms with Crippen LogP contribution < -0.4 is 9.47 Å². The van der Waals surface area contributed by atoms with Crippen molar-refractivity contribution in [2.24, 2.45) is 4.99 Å². The summed E-state index contributed by atoms with van der Waals surface area (Å²) >= 11 is 0. The number of aliphatic imine (C=N–C) groups is 1. The van der Waals surface area contributed by atoms with Crippen LogP contribution in [0.1, 0.15) is 71.3 Å². The minimum Gasteiger partial charge on any atom is -0.490 e. The molecule has 0 saturated heterocycles. The molecular weight excluding hydrogens is 302 g/mol. The molecule has 0 aliphatic carbocycles. The van der Waals surface area contributed by atoms with Gasteiger partial charge in [0.1, 0.15) is 0 Å². The molecule has 0 aliphatic rings. The second-order valence-corrected chi connectivity index (χ2v) is 5.78. The predicted molar refractivity (Wildman–Crippen MR) is 99.4 cm³/mol. The fourth-order valence-electron chi connectivity index (χ4n) is 2.35. The first-order valence-electron chi connectivity index (χ1n) is 9.19. The van der Waals surface area contributed by atoms with Crippen LogP contribution >= 0.6 is 0 Å². The van der Waals surface area contributed by atoms with E-state index in [1.165, 1.54) is 25.7 Å². The number of hydrogen-bond acceptors (Lipinski definition) is 4. The molecule has 4 heteroatoms. The minimum absolute atomic E-state index is 0.237. The molecule has 0 bridgehead atoms. The number of benzene rings is 1. The Hall–Kier alpha value is -1.84. The largest absolute Gasteiger partial charge is 0.490 e. The van der Waals surface area contributed by atoms with Gasteiger partial charge in [-0.25, -0.2) is 0 Å². The zero-order valence-electron chi connectivity index (χ0n) is 15.3. The quantitative estimate of drug-likeness (QED) is 0.229. The van der Waals surface area contributed by atoms with Gasteiger partial charge >= 0.3 is 5.97 Å². The van der Waals surface area contributed by atoms with Gasteiger partial charge in [0.05, 0.1) is 6.61 Å². The first kappa shape index (κ1) is 20.2. The van der Waals surface area contributed by atoms with Crippen molar-refractivity contribution in [3.8, 4) is 11.5 Å². The number of unbranched alkanes of at least 4 members (excludes halogenated alkanes) is 4. The summed E-state index contributed by atoms with van der Waals surface area (Å²) in [6, 6.07) is 5.61. The highest BCUT2D eigenvalue weighted by Gasteiger charge is 2.13. The van der Waals surface area contributed by atoms with Gasteiger partial charge in [-0.3, -0.25) is 9.79 Å². The molecule has 1 aromatic rings. The van der Waals surface area contributed by atoms with Crippen LogP contribution in [-0.4, -0.2) is 25.3 Å². The predicted octanol–water partition coefficient (Wildman–Crippen LogP) is 5.18. The molecule has 0 unspecified atom stereocenters. The van der Waals surface area contributed by atoms with Crippen molar-refractivity contribution < 1.29 is 14.3 Å². The second-order valence-electron chi connectivity index (χ2n) is 5.78. The maximum atomic E-state index is 11.9. The molecule has 0 radical (unpaired) electrons. The van der Waals surface area contributed by atoms with E-state index in [0.29, 0.717) is 24.5 Å². The Morgan fingerprint density at radius 2 is 1.88 bits per heavy atom. The lowest BCUT2D eigenvalue weighted by molar-refractivity contribution is -0.134. The summed E-state index contributed by atoms with van der Waals surface area (Å²) in [6.07, 6.45) is 9.06. The van der Waals surface area contributed by atoms with Crippen LogP contribution in [0.15, 0.2) is 23.2 Å². The van der Waals surface area contributed by atoms with Crippen LogP contribution in [0.2, 0.25) is 0 Å². The summed E-state index contributed by atoms with van der Waals surface area (Å²) in [5.41, 5.74) is 0.791. The van der Waals surface area contributed by atoms with E-state index in [1.54, 1.807) is 6.21 Å². The number of hydrogen-bond donors (Lipinski definition) is 0. The van der Waals surface area contributed by atoms with Gasteiger partial charge < -0.3 is 9.47 Å². The normalized spacial score (nSPS) is 11.0. The Labute approximate surface area is 146 Å². The van der Waals surface area contributed by atoms with Crippen molar-refractivity contribution in [1.29, 1.82) is 0 Å². The summed E-state index contributed by atoms with van der Waals surface area (Å²) in [7, 11) is 0. The third kappa shape index (κ3) is 7.62. The molecule has 0 aromatic heterocycles. The lowest BCUT2D eigenvalue weighted by Gasteiger charge is -2.12. The van der Waals surface area contributed by atoms with Crippen molar-refractivity contribution in [3.05, 3.63) is 23.8 Å². The molecule has 0 aliphatic heterocycles. The lowest BCUT2D eigenvalue weighted by atomic mass is 10.1. The molecule has 0 N–H and O–H groups in total. The van der Waals surface area contributed by atoms with Gasteiger partial charge in [0.15, 0.2) is 11.5 Å². The topological polar surface area (TPSA) is 47.9 Å². The lowest BCUT2D eigenvalue weighted by Crippen LogP contribution is -2.10. The van der Waals surface area contributed by atoms with Crippen LogP contribution in [0.25, 0.3) is 0 Å². The van der Waals surface area contributed by atoms with E-state index >= 15 is 0 Å². The Kier molecular flexibility index (Phi) is 10.6. The second kappa shape index (κ2) is 12.6. The highest BCUT2D eigenvalue weighted by molar-refractivity contribution is 5.87. The van der Waals surface area contributed by atoms with E-state index in [9.17, 15) is 4.79 Å². The number of ether oxygens (including phenoxy) is 2. The zero-order valence-corrected chi connectivity index (χ0v) is 15.3. The van der Waals surface area contributed by atoms with Gasteiger partial charge in [-0.1, -0.05) is 45.6 Å². The molecule has 0 fully saturated rings. The minimum atomic E-state index is -0.237. The smallest absolute Gasteiger partial charge is 0.311 e. The zero-order chi connectivity index (χ0) is 17.6.